The molecule has 14 heavy (non-hydrogen) atoms. The fraction of sp³-hybridized carbons (Fsp3) is 0.400. The number of benzene rings is 1. The number of ether oxygens (including phenoxy) is 2. The Kier molecular flexibility index (Phi) is 4.76. The molecule has 0 spiro atoms. The van der Waals surface area contributed by atoms with Crippen molar-refractivity contribution >= 4 is 15.9 Å². The Morgan fingerprint density at radius 1 is 1.43 bits per heavy atom. The highest BCUT2D eigenvalue weighted by Crippen LogP contribution is 2.28. The van der Waals surface area contributed by atoms with Crippen LogP contribution in [0.2, 0.25) is 0 Å². The molecule has 0 fully saturated rings. The van der Waals surface area contributed by atoms with Gasteiger partial charge < -0.3 is 14.8 Å². The highest BCUT2D eigenvalue weighted by molar-refractivity contribution is 9.10. The molecule has 0 aliphatic carbocycles. The minimum Gasteiger partial charge on any atom is -0.497 e. The monoisotopic (exact) mass is 259 g/mol. The normalized spacial score (nSPS) is 9.93. The molecule has 0 aliphatic heterocycles. The largest absolute Gasteiger partial charge is 0.497 e. The van der Waals surface area contributed by atoms with Crippen LogP contribution in [0.3, 0.4) is 0 Å². The molecule has 1 aromatic rings. The second-order valence-corrected chi connectivity index (χ2v) is 3.60. The van der Waals surface area contributed by atoms with Crippen molar-refractivity contribution in [2.75, 3.05) is 27.3 Å². The summed E-state index contributed by atoms with van der Waals surface area (Å²) >= 11 is 3.41. The van der Waals surface area contributed by atoms with Crippen LogP contribution in [0.5, 0.6) is 11.5 Å². The predicted molar refractivity (Wildman–Crippen MR) is 60.1 cm³/mol. The molecular weight excluding hydrogens is 246 g/mol. The predicted octanol–water partition coefficient (Wildman–Crippen LogP) is 2.06. The van der Waals surface area contributed by atoms with Crippen LogP contribution in [0, 0.1) is 0 Å². The zero-order valence-electron chi connectivity index (χ0n) is 8.34. The summed E-state index contributed by atoms with van der Waals surface area (Å²) in [6, 6.07) is 5.65. The SMILES string of the molecule is CNCCOc1ccc(OC)cc1Br. The van der Waals surface area contributed by atoms with Gasteiger partial charge in [-0.25, -0.2) is 0 Å². The number of rotatable bonds is 5. The molecule has 0 aromatic heterocycles. The molecule has 0 saturated carbocycles. The number of likely N-dealkylation sites (N-methyl/N-ethyl adjacent to an activating group) is 1. The van der Waals surface area contributed by atoms with Gasteiger partial charge in [-0.15, -0.1) is 0 Å². The van der Waals surface area contributed by atoms with E-state index in [2.05, 4.69) is 21.2 Å². The van der Waals surface area contributed by atoms with E-state index in [0.29, 0.717) is 6.61 Å². The van der Waals surface area contributed by atoms with Crippen LogP contribution in [0.15, 0.2) is 22.7 Å². The molecule has 0 bridgehead atoms. The summed E-state index contributed by atoms with van der Waals surface area (Å²) in [6.45, 7) is 1.49. The summed E-state index contributed by atoms with van der Waals surface area (Å²) in [5.74, 6) is 1.65. The van der Waals surface area contributed by atoms with Gasteiger partial charge in [0.1, 0.15) is 18.1 Å². The van der Waals surface area contributed by atoms with Gasteiger partial charge in [0.05, 0.1) is 11.6 Å². The van der Waals surface area contributed by atoms with Crippen LogP contribution in [0.25, 0.3) is 0 Å². The third kappa shape index (κ3) is 3.20. The summed E-state index contributed by atoms with van der Waals surface area (Å²) in [5, 5.41) is 3.01. The van der Waals surface area contributed by atoms with Gasteiger partial charge in [-0.2, -0.15) is 0 Å². The van der Waals surface area contributed by atoms with Crippen LogP contribution in [0.4, 0.5) is 0 Å². The lowest BCUT2D eigenvalue weighted by molar-refractivity contribution is 0.315. The molecule has 0 atom stereocenters. The molecule has 1 rings (SSSR count). The molecule has 0 aliphatic rings. The van der Waals surface area contributed by atoms with Crippen molar-refractivity contribution < 1.29 is 9.47 Å². The maximum absolute atomic E-state index is 5.51. The van der Waals surface area contributed by atoms with E-state index in [0.717, 1.165) is 22.5 Å². The Morgan fingerprint density at radius 2 is 2.21 bits per heavy atom. The molecule has 3 nitrogen and oxygen atoms in total. The van der Waals surface area contributed by atoms with E-state index in [-0.39, 0.29) is 0 Å². The molecule has 78 valence electrons. The van der Waals surface area contributed by atoms with E-state index in [1.807, 2.05) is 25.2 Å². The van der Waals surface area contributed by atoms with Gasteiger partial charge in [0.2, 0.25) is 0 Å². The van der Waals surface area contributed by atoms with Gasteiger partial charge >= 0.3 is 0 Å². The Balaban J connectivity index is 2.59. The van der Waals surface area contributed by atoms with Crippen LogP contribution in [-0.2, 0) is 0 Å². The van der Waals surface area contributed by atoms with Crippen LogP contribution < -0.4 is 14.8 Å². The van der Waals surface area contributed by atoms with Gasteiger partial charge in [-0.05, 0) is 41.2 Å². The Bertz CT molecular complexity index is 291. The van der Waals surface area contributed by atoms with Gasteiger partial charge in [0.25, 0.3) is 0 Å². The van der Waals surface area contributed by atoms with E-state index < -0.39 is 0 Å². The quantitative estimate of drug-likeness (QED) is 0.822. The Labute approximate surface area is 92.5 Å². The number of hydrogen-bond donors (Lipinski definition) is 1. The van der Waals surface area contributed by atoms with Crippen LogP contribution in [-0.4, -0.2) is 27.3 Å². The number of methoxy groups -OCH3 is 1. The summed E-state index contributed by atoms with van der Waals surface area (Å²) in [7, 11) is 3.54. The Morgan fingerprint density at radius 3 is 2.79 bits per heavy atom. The lowest BCUT2D eigenvalue weighted by atomic mass is 10.3. The van der Waals surface area contributed by atoms with Crippen molar-refractivity contribution in [3.8, 4) is 11.5 Å². The fourth-order valence-corrected chi connectivity index (χ4v) is 1.46. The zero-order valence-corrected chi connectivity index (χ0v) is 9.93. The van der Waals surface area contributed by atoms with Crippen molar-refractivity contribution in [1.82, 2.24) is 5.32 Å². The van der Waals surface area contributed by atoms with Crippen molar-refractivity contribution in [1.29, 1.82) is 0 Å². The summed E-state index contributed by atoms with van der Waals surface area (Å²) in [5.41, 5.74) is 0. The molecule has 1 N–H and O–H groups in total. The second kappa shape index (κ2) is 5.88. The first-order valence-corrected chi connectivity index (χ1v) is 5.18. The standard InChI is InChI=1S/C10H14BrNO2/c1-12-5-6-14-10-4-3-8(13-2)7-9(10)11/h3-4,7,12H,5-6H2,1-2H3. The molecule has 0 heterocycles. The van der Waals surface area contributed by atoms with Crippen LogP contribution in [0.1, 0.15) is 0 Å². The highest BCUT2D eigenvalue weighted by atomic mass is 79.9. The number of hydrogen-bond acceptors (Lipinski definition) is 3. The van der Waals surface area contributed by atoms with E-state index in [1.54, 1.807) is 7.11 Å². The molecule has 0 radical (unpaired) electrons. The minimum atomic E-state index is 0.654. The fourth-order valence-electron chi connectivity index (χ4n) is 0.989. The first-order valence-electron chi connectivity index (χ1n) is 4.39. The highest BCUT2D eigenvalue weighted by Gasteiger charge is 2.01. The third-order valence-corrected chi connectivity index (χ3v) is 2.37. The average Bonchev–Trinajstić information content (AvgIpc) is 2.20. The minimum absolute atomic E-state index is 0.654. The van der Waals surface area contributed by atoms with Crippen molar-refractivity contribution in [3.05, 3.63) is 22.7 Å². The van der Waals surface area contributed by atoms with E-state index in [9.17, 15) is 0 Å². The van der Waals surface area contributed by atoms with Gasteiger partial charge in [0, 0.05) is 6.54 Å². The van der Waals surface area contributed by atoms with Gasteiger partial charge in [-0.3, -0.25) is 0 Å². The van der Waals surface area contributed by atoms with Crippen molar-refractivity contribution in [2.24, 2.45) is 0 Å². The van der Waals surface area contributed by atoms with Crippen molar-refractivity contribution in [2.45, 2.75) is 0 Å². The molecule has 1 aromatic carbocycles. The molecular formula is C10H14BrNO2. The Hall–Kier alpha value is -0.740. The van der Waals surface area contributed by atoms with E-state index in [4.69, 9.17) is 9.47 Å². The molecule has 0 amide bonds. The lowest BCUT2D eigenvalue weighted by Gasteiger charge is -2.08. The summed E-state index contributed by atoms with van der Waals surface area (Å²) in [4.78, 5) is 0. The summed E-state index contributed by atoms with van der Waals surface area (Å²) in [6.07, 6.45) is 0. The van der Waals surface area contributed by atoms with Gasteiger partial charge in [-0.1, -0.05) is 0 Å². The molecule has 0 saturated heterocycles. The number of halogens is 1. The van der Waals surface area contributed by atoms with E-state index >= 15 is 0 Å². The van der Waals surface area contributed by atoms with E-state index in [1.165, 1.54) is 0 Å². The van der Waals surface area contributed by atoms with Crippen LogP contribution >= 0.6 is 15.9 Å². The van der Waals surface area contributed by atoms with Gasteiger partial charge in [0.15, 0.2) is 0 Å². The average molecular weight is 260 g/mol. The molecule has 4 heteroatoms. The second-order valence-electron chi connectivity index (χ2n) is 2.75. The lowest BCUT2D eigenvalue weighted by Crippen LogP contribution is -2.16. The number of nitrogens with one attached hydrogen (secondary N) is 1. The zero-order chi connectivity index (χ0) is 10.4. The summed E-state index contributed by atoms with van der Waals surface area (Å²) < 4.78 is 11.5. The maximum Gasteiger partial charge on any atom is 0.133 e. The maximum atomic E-state index is 5.51. The third-order valence-electron chi connectivity index (χ3n) is 1.75. The van der Waals surface area contributed by atoms with Crippen molar-refractivity contribution in [3.63, 3.8) is 0 Å². The first-order chi connectivity index (χ1) is 6.77. The smallest absolute Gasteiger partial charge is 0.133 e. The topological polar surface area (TPSA) is 30.5 Å². The first kappa shape index (κ1) is 11.3. The molecule has 0 unspecified atom stereocenters.